The number of aryl methyl sites for hydroxylation is 1. The Morgan fingerprint density at radius 2 is 2.04 bits per heavy atom. The van der Waals surface area contributed by atoms with Gasteiger partial charge in [-0.3, -0.25) is 9.48 Å². The minimum absolute atomic E-state index is 0.151. The summed E-state index contributed by atoms with van der Waals surface area (Å²) in [5, 5.41) is 15.4. The molecule has 0 amide bonds. The Morgan fingerprint density at radius 1 is 1.19 bits per heavy atom. The second-order valence-electron chi connectivity index (χ2n) is 6.68. The molecule has 4 rings (SSSR count). The molecule has 0 atom stereocenters. The predicted octanol–water partition coefficient (Wildman–Crippen LogP) is 2.98. The van der Waals surface area contributed by atoms with Crippen LogP contribution >= 0.6 is 0 Å². The van der Waals surface area contributed by atoms with E-state index in [9.17, 15) is 4.79 Å². The van der Waals surface area contributed by atoms with Crippen LogP contribution in [0.2, 0.25) is 0 Å². The van der Waals surface area contributed by atoms with Crippen molar-refractivity contribution in [1.29, 1.82) is 0 Å². The molecule has 0 aliphatic rings. The number of nitrogens with one attached hydrogen (secondary N) is 2. The van der Waals surface area contributed by atoms with E-state index in [1.165, 1.54) is 0 Å². The maximum atomic E-state index is 12.9. The van der Waals surface area contributed by atoms with Crippen molar-refractivity contribution in [2.45, 2.75) is 19.8 Å². The van der Waals surface area contributed by atoms with Gasteiger partial charge >= 0.3 is 0 Å². The number of aromatic nitrogens is 6. The lowest BCUT2D eigenvalue weighted by atomic mass is 10.1. The van der Waals surface area contributed by atoms with Crippen LogP contribution in [0.4, 0.5) is 11.6 Å². The molecule has 27 heavy (non-hydrogen) atoms. The van der Waals surface area contributed by atoms with Gasteiger partial charge in [-0.1, -0.05) is 13.8 Å². The number of rotatable bonds is 4. The van der Waals surface area contributed by atoms with Crippen molar-refractivity contribution in [2.24, 2.45) is 7.05 Å². The second-order valence-corrected chi connectivity index (χ2v) is 6.68. The average molecular weight is 361 g/mol. The smallest absolute Gasteiger partial charge is 0.215 e. The third-order valence-electron chi connectivity index (χ3n) is 4.34. The van der Waals surface area contributed by atoms with Crippen molar-refractivity contribution < 1.29 is 0 Å². The van der Waals surface area contributed by atoms with E-state index >= 15 is 0 Å². The summed E-state index contributed by atoms with van der Waals surface area (Å²) in [6.07, 6.45) is 6.89. The van der Waals surface area contributed by atoms with Crippen molar-refractivity contribution in [2.75, 3.05) is 5.32 Å². The molecule has 0 fully saturated rings. The molecule has 2 N–H and O–H groups in total. The van der Waals surface area contributed by atoms with Gasteiger partial charge in [0.15, 0.2) is 5.82 Å². The quantitative estimate of drug-likeness (QED) is 0.579. The minimum atomic E-state index is -0.151. The van der Waals surface area contributed by atoms with Crippen LogP contribution in [-0.2, 0) is 7.05 Å². The van der Waals surface area contributed by atoms with E-state index in [1.807, 2.05) is 19.2 Å². The van der Waals surface area contributed by atoms with Crippen LogP contribution in [0.5, 0.6) is 0 Å². The van der Waals surface area contributed by atoms with Crippen LogP contribution in [0.3, 0.4) is 0 Å². The van der Waals surface area contributed by atoms with Crippen molar-refractivity contribution in [3.05, 3.63) is 58.8 Å². The average Bonchev–Trinajstić information content (AvgIpc) is 3.09. The monoisotopic (exact) mass is 361 g/mol. The Morgan fingerprint density at radius 3 is 2.78 bits per heavy atom. The number of hydrogen-bond donors (Lipinski definition) is 2. The summed E-state index contributed by atoms with van der Waals surface area (Å²) in [6, 6.07) is 5.55. The van der Waals surface area contributed by atoms with E-state index in [2.05, 4.69) is 44.4 Å². The van der Waals surface area contributed by atoms with E-state index in [1.54, 1.807) is 35.5 Å². The molecule has 8 nitrogen and oxygen atoms in total. The zero-order valence-corrected chi connectivity index (χ0v) is 15.3. The molecule has 0 bridgehead atoms. The molecule has 0 aromatic carbocycles. The maximum Gasteiger partial charge on any atom is 0.215 e. The molecule has 4 aromatic heterocycles. The molecule has 0 aliphatic heterocycles. The summed E-state index contributed by atoms with van der Waals surface area (Å²) in [5.41, 5.74) is 3.22. The highest BCUT2D eigenvalue weighted by Crippen LogP contribution is 2.20. The third-order valence-corrected chi connectivity index (χ3v) is 4.34. The Kier molecular flexibility index (Phi) is 4.15. The summed E-state index contributed by atoms with van der Waals surface area (Å²) in [7, 11) is 1.81. The first kappa shape index (κ1) is 16.9. The highest BCUT2D eigenvalue weighted by Gasteiger charge is 2.11. The zero-order chi connectivity index (χ0) is 19.0. The van der Waals surface area contributed by atoms with Gasteiger partial charge in [0, 0.05) is 25.0 Å². The molecule has 0 saturated carbocycles. The zero-order valence-electron chi connectivity index (χ0n) is 15.3. The van der Waals surface area contributed by atoms with E-state index in [0.717, 1.165) is 11.1 Å². The normalized spacial score (nSPS) is 11.3. The van der Waals surface area contributed by atoms with Crippen LogP contribution in [0, 0.1) is 0 Å². The third kappa shape index (κ3) is 3.29. The van der Waals surface area contributed by atoms with Crippen molar-refractivity contribution >= 4 is 22.7 Å². The van der Waals surface area contributed by atoms with Gasteiger partial charge in [0.2, 0.25) is 5.43 Å². The molecular weight excluding hydrogens is 342 g/mol. The van der Waals surface area contributed by atoms with Gasteiger partial charge in [0.25, 0.3) is 0 Å². The Hall–Kier alpha value is -3.55. The Bertz CT molecular complexity index is 1180. The van der Waals surface area contributed by atoms with Gasteiger partial charge in [-0.15, -0.1) is 5.10 Å². The summed E-state index contributed by atoms with van der Waals surface area (Å²) in [5.74, 6) is 1.47. The first-order valence-electron chi connectivity index (χ1n) is 8.62. The summed E-state index contributed by atoms with van der Waals surface area (Å²) in [6.45, 7) is 4.18. The molecule has 4 heterocycles. The molecule has 4 aromatic rings. The number of nitrogens with zero attached hydrogens (tertiary/aromatic N) is 5. The lowest BCUT2D eigenvalue weighted by Gasteiger charge is -2.09. The number of aromatic amines is 1. The largest absolute Gasteiger partial charge is 0.359 e. The molecule has 0 unspecified atom stereocenters. The second kappa shape index (κ2) is 6.64. The first-order chi connectivity index (χ1) is 13.0. The SMILES string of the molecule is CC(C)c1cnnc(Nc2ccc3[nH]cc(-c4cnn(C)c4)c(=O)c3n2)c1. The van der Waals surface area contributed by atoms with Gasteiger partial charge in [-0.05, 0) is 29.7 Å². The lowest BCUT2D eigenvalue weighted by Crippen LogP contribution is -2.09. The number of pyridine rings is 2. The number of anilines is 2. The number of fused-ring (bicyclic) bond motifs is 1. The maximum absolute atomic E-state index is 12.9. The van der Waals surface area contributed by atoms with E-state index in [-0.39, 0.29) is 5.43 Å². The van der Waals surface area contributed by atoms with Gasteiger partial charge in [0.1, 0.15) is 11.3 Å². The summed E-state index contributed by atoms with van der Waals surface area (Å²) < 4.78 is 1.66. The van der Waals surface area contributed by atoms with Gasteiger partial charge in [0.05, 0.1) is 23.5 Å². The van der Waals surface area contributed by atoms with Gasteiger partial charge < -0.3 is 10.3 Å². The topological polar surface area (TPSA) is 101 Å². The molecule has 8 heteroatoms. The first-order valence-corrected chi connectivity index (χ1v) is 8.62. The van der Waals surface area contributed by atoms with Crippen molar-refractivity contribution in [3.8, 4) is 11.1 Å². The van der Waals surface area contributed by atoms with Crippen LogP contribution in [0.25, 0.3) is 22.2 Å². The van der Waals surface area contributed by atoms with Crippen LogP contribution in [0.15, 0.2) is 47.8 Å². The molecule has 136 valence electrons. The Labute approximate surface area is 155 Å². The highest BCUT2D eigenvalue weighted by atomic mass is 16.1. The lowest BCUT2D eigenvalue weighted by molar-refractivity contribution is 0.768. The van der Waals surface area contributed by atoms with Crippen molar-refractivity contribution in [3.63, 3.8) is 0 Å². The van der Waals surface area contributed by atoms with E-state index in [0.29, 0.717) is 34.2 Å². The number of hydrogen-bond acceptors (Lipinski definition) is 6. The molecule has 0 aliphatic carbocycles. The van der Waals surface area contributed by atoms with Crippen LogP contribution in [-0.4, -0.2) is 29.9 Å². The van der Waals surface area contributed by atoms with E-state index in [4.69, 9.17) is 0 Å². The molecular formula is C19H19N7O. The standard InChI is InChI=1S/C19H19N7O/c1-11(2)12-6-17(25-21-7-12)23-16-5-4-15-18(24-16)19(27)14(9-20-15)13-8-22-26(3)10-13/h4-11H,1-3H3,(H,20,27)(H,23,24,25). The van der Waals surface area contributed by atoms with Crippen LogP contribution in [0.1, 0.15) is 25.3 Å². The highest BCUT2D eigenvalue weighted by molar-refractivity contribution is 5.81. The van der Waals surface area contributed by atoms with E-state index < -0.39 is 0 Å². The molecule has 0 saturated heterocycles. The van der Waals surface area contributed by atoms with Gasteiger partial charge in [-0.25, -0.2) is 4.98 Å². The summed E-state index contributed by atoms with van der Waals surface area (Å²) >= 11 is 0. The molecule has 0 radical (unpaired) electrons. The molecule has 0 spiro atoms. The van der Waals surface area contributed by atoms with Gasteiger partial charge in [-0.2, -0.15) is 10.2 Å². The van der Waals surface area contributed by atoms with Crippen LogP contribution < -0.4 is 10.7 Å². The fourth-order valence-electron chi connectivity index (χ4n) is 2.83. The minimum Gasteiger partial charge on any atom is -0.359 e. The predicted molar refractivity (Wildman–Crippen MR) is 104 cm³/mol. The fraction of sp³-hybridized carbons (Fsp3) is 0.211. The number of H-pyrrole nitrogens is 1. The summed E-state index contributed by atoms with van der Waals surface area (Å²) in [4.78, 5) is 20.5. The fourth-order valence-corrected chi connectivity index (χ4v) is 2.83. The van der Waals surface area contributed by atoms with Crippen molar-refractivity contribution in [1.82, 2.24) is 29.9 Å². The Balaban J connectivity index is 1.74.